The first-order valence-electron chi connectivity index (χ1n) is 6.10. The molecule has 1 N–H and O–H groups in total. The van der Waals surface area contributed by atoms with Gasteiger partial charge in [0.15, 0.2) is 5.69 Å². The lowest BCUT2D eigenvalue weighted by Gasteiger charge is -2.08. The summed E-state index contributed by atoms with van der Waals surface area (Å²) in [5.74, 6) is -0.226. The number of benzene rings is 1. The Morgan fingerprint density at radius 3 is 2.89 bits per heavy atom. The second-order valence-electron chi connectivity index (χ2n) is 4.85. The molecule has 1 aliphatic heterocycles. The summed E-state index contributed by atoms with van der Waals surface area (Å²) in [7, 11) is 3.80. The van der Waals surface area contributed by atoms with Crippen molar-refractivity contribution < 1.29 is 4.79 Å². The van der Waals surface area contributed by atoms with E-state index in [0.717, 1.165) is 18.8 Å². The van der Waals surface area contributed by atoms with E-state index in [9.17, 15) is 4.79 Å². The van der Waals surface area contributed by atoms with E-state index in [1.807, 2.05) is 12.1 Å². The molecule has 2 heterocycles. The van der Waals surface area contributed by atoms with Crippen LogP contribution in [0.2, 0.25) is 0 Å². The molecule has 3 rings (SSSR count). The van der Waals surface area contributed by atoms with E-state index in [-0.39, 0.29) is 5.91 Å². The van der Waals surface area contributed by atoms with Gasteiger partial charge in [-0.3, -0.25) is 14.4 Å². The van der Waals surface area contributed by atoms with Crippen LogP contribution in [0.15, 0.2) is 24.4 Å². The monoisotopic (exact) mass is 257 g/mol. The third-order valence-corrected chi connectivity index (χ3v) is 3.22. The Hall–Kier alpha value is -2.21. The van der Waals surface area contributed by atoms with Crippen molar-refractivity contribution >= 4 is 11.6 Å². The third-order valence-electron chi connectivity index (χ3n) is 3.22. The molecule has 0 spiro atoms. The summed E-state index contributed by atoms with van der Waals surface area (Å²) in [5, 5.41) is 10.5. The number of anilines is 1. The number of nitrogens with one attached hydrogen (secondary N) is 1. The number of hydrogen-bond acceptors (Lipinski definition) is 4. The van der Waals surface area contributed by atoms with Crippen molar-refractivity contribution in [1.82, 2.24) is 19.9 Å². The average Bonchev–Trinajstić information content (AvgIpc) is 2.95. The largest absolute Gasteiger partial charge is 0.320 e. The van der Waals surface area contributed by atoms with Crippen LogP contribution in [0.4, 0.5) is 5.69 Å². The van der Waals surface area contributed by atoms with Crippen LogP contribution in [0.1, 0.15) is 21.6 Å². The van der Waals surface area contributed by atoms with Crippen molar-refractivity contribution in [2.75, 3.05) is 12.4 Å². The van der Waals surface area contributed by atoms with Gasteiger partial charge in [-0.05, 0) is 24.2 Å². The minimum atomic E-state index is -0.226. The minimum Gasteiger partial charge on any atom is -0.320 e. The van der Waals surface area contributed by atoms with Gasteiger partial charge in [-0.2, -0.15) is 0 Å². The molecule has 0 atom stereocenters. The normalized spacial score (nSPS) is 14.4. The van der Waals surface area contributed by atoms with Crippen molar-refractivity contribution in [1.29, 1.82) is 0 Å². The van der Waals surface area contributed by atoms with Crippen molar-refractivity contribution in [3.63, 3.8) is 0 Å². The van der Waals surface area contributed by atoms with Gasteiger partial charge in [0.05, 0.1) is 6.20 Å². The molecular formula is C13H15N5O. The smallest absolute Gasteiger partial charge is 0.277 e. The molecule has 2 aromatic rings. The second kappa shape index (κ2) is 4.47. The molecule has 0 fully saturated rings. The number of carbonyl (C=O) groups excluding carboxylic acids is 1. The molecule has 6 nitrogen and oxygen atoms in total. The van der Waals surface area contributed by atoms with Gasteiger partial charge in [-0.1, -0.05) is 17.3 Å². The van der Waals surface area contributed by atoms with Crippen molar-refractivity contribution in [3.8, 4) is 0 Å². The van der Waals surface area contributed by atoms with E-state index < -0.39 is 0 Å². The Morgan fingerprint density at radius 2 is 2.16 bits per heavy atom. The molecule has 0 unspecified atom stereocenters. The fourth-order valence-electron chi connectivity index (χ4n) is 2.34. The van der Waals surface area contributed by atoms with Gasteiger partial charge >= 0.3 is 0 Å². The van der Waals surface area contributed by atoms with Gasteiger partial charge in [0.1, 0.15) is 0 Å². The van der Waals surface area contributed by atoms with Crippen LogP contribution in [-0.2, 0) is 20.1 Å². The first-order valence-corrected chi connectivity index (χ1v) is 6.10. The molecule has 1 aromatic carbocycles. The first-order chi connectivity index (χ1) is 9.13. The number of aryl methyl sites for hydroxylation is 1. The maximum Gasteiger partial charge on any atom is 0.277 e. The van der Waals surface area contributed by atoms with Crippen LogP contribution in [0, 0.1) is 0 Å². The Balaban J connectivity index is 1.85. The van der Waals surface area contributed by atoms with Crippen LogP contribution in [-0.4, -0.2) is 32.8 Å². The Labute approximate surface area is 111 Å². The van der Waals surface area contributed by atoms with Crippen molar-refractivity contribution in [2.45, 2.75) is 13.1 Å². The molecule has 1 aliphatic rings. The van der Waals surface area contributed by atoms with Crippen LogP contribution >= 0.6 is 0 Å². The highest BCUT2D eigenvalue weighted by Crippen LogP contribution is 2.28. The maximum atomic E-state index is 12.1. The van der Waals surface area contributed by atoms with Gasteiger partial charge in [0.25, 0.3) is 5.91 Å². The van der Waals surface area contributed by atoms with Gasteiger partial charge in [-0.15, -0.1) is 5.10 Å². The molecule has 0 saturated heterocycles. The Kier molecular flexibility index (Phi) is 2.79. The predicted molar refractivity (Wildman–Crippen MR) is 70.6 cm³/mol. The topological polar surface area (TPSA) is 63.1 Å². The quantitative estimate of drug-likeness (QED) is 0.872. The summed E-state index contributed by atoms with van der Waals surface area (Å²) in [6.45, 7) is 1.77. The summed E-state index contributed by atoms with van der Waals surface area (Å²) < 4.78 is 1.51. The standard InChI is InChI=1S/C13H15N5O/c1-17-6-9-4-3-5-11(10(9)7-17)14-13(19)12-8-18(2)16-15-12/h3-5,8H,6-7H2,1-2H3,(H,14,19). The fraction of sp³-hybridized carbons (Fsp3) is 0.308. The van der Waals surface area contributed by atoms with Gasteiger partial charge in [0.2, 0.25) is 0 Å². The van der Waals surface area contributed by atoms with Crippen LogP contribution in [0.3, 0.4) is 0 Å². The third kappa shape index (κ3) is 2.22. The minimum absolute atomic E-state index is 0.226. The number of carbonyl (C=O) groups is 1. The van der Waals surface area contributed by atoms with Crippen molar-refractivity contribution in [3.05, 3.63) is 41.2 Å². The molecule has 19 heavy (non-hydrogen) atoms. The van der Waals surface area contributed by atoms with Crippen LogP contribution in [0.5, 0.6) is 0 Å². The molecule has 0 saturated carbocycles. The summed E-state index contributed by atoms with van der Waals surface area (Å²) in [6.07, 6.45) is 1.60. The summed E-state index contributed by atoms with van der Waals surface area (Å²) in [4.78, 5) is 14.3. The first kappa shape index (κ1) is 11.9. The average molecular weight is 257 g/mol. The van der Waals surface area contributed by atoms with Crippen LogP contribution in [0.25, 0.3) is 0 Å². The van der Waals surface area contributed by atoms with E-state index in [2.05, 4.69) is 33.6 Å². The zero-order valence-corrected chi connectivity index (χ0v) is 10.9. The molecule has 1 amide bonds. The van der Waals surface area contributed by atoms with E-state index >= 15 is 0 Å². The Morgan fingerprint density at radius 1 is 1.32 bits per heavy atom. The number of hydrogen-bond donors (Lipinski definition) is 1. The van der Waals surface area contributed by atoms with Gasteiger partial charge in [0, 0.05) is 25.8 Å². The highest BCUT2D eigenvalue weighted by molar-refractivity contribution is 6.03. The molecule has 1 aromatic heterocycles. The highest BCUT2D eigenvalue weighted by atomic mass is 16.2. The number of aromatic nitrogens is 3. The number of fused-ring (bicyclic) bond motifs is 1. The number of rotatable bonds is 2. The molecule has 0 radical (unpaired) electrons. The second-order valence-corrected chi connectivity index (χ2v) is 4.85. The zero-order valence-electron chi connectivity index (χ0n) is 10.9. The predicted octanol–water partition coefficient (Wildman–Crippen LogP) is 1.01. The van der Waals surface area contributed by atoms with Crippen LogP contribution < -0.4 is 5.32 Å². The highest BCUT2D eigenvalue weighted by Gasteiger charge is 2.20. The summed E-state index contributed by atoms with van der Waals surface area (Å²) in [6, 6.07) is 5.98. The lowest BCUT2D eigenvalue weighted by molar-refractivity contribution is 0.102. The maximum absolute atomic E-state index is 12.1. The lowest BCUT2D eigenvalue weighted by atomic mass is 10.1. The lowest BCUT2D eigenvalue weighted by Crippen LogP contribution is -2.14. The molecule has 0 aliphatic carbocycles. The SMILES string of the molecule is CN1Cc2cccc(NC(=O)c3cn(C)nn3)c2C1. The van der Waals surface area contributed by atoms with E-state index in [0.29, 0.717) is 5.69 Å². The zero-order chi connectivity index (χ0) is 13.4. The molecule has 0 bridgehead atoms. The molecule has 6 heteroatoms. The number of amides is 1. The van der Waals surface area contributed by atoms with Crippen molar-refractivity contribution in [2.24, 2.45) is 7.05 Å². The van der Waals surface area contributed by atoms with Gasteiger partial charge < -0.3 is 5.32 Å². The van der Waals surface area contributed by atoms with E-state index in [4.69, 9.17) is 0 Å². The molecular weight excluding hydrogens is 242 g/mol. The Bertz CT molecular complexity index is 634. The molecule has 98 valence electrons. The van der Waals surface area contributed by atoms with Gasteiger partial charge in [-0.25, -0.2) is 0 Å². The van der Waals surface area contributed by atoms with E-state index in [1.54, 1.807) is 13.2 Å². The number of nitrogens with zero attached hydrogens (tertiary/aromatic N) is 4. The van der Waals surface area contributed by atoms with E-state index in [1.165, 1.54) is 15.8 Å². The summed E-state index contributed by atoms with van der Waals surface area (Å²) >= 11 is 0. The summed E-state index contributed by atoms with van der Waals surface area (Å²) in [5.41, 5.74) is 3.63. The fourth-order valence-corrected chi connectivity index (χ4v) is 2.34.